The van der Waals surface area contributed by atoms with E-state index in [9.17, 15) is 13.2 Å². The van der Waals surface area contributed by atoms with Crippen LogP contribution in [0, 0.1) is 6.92 Å². The van der Waals surface area contributed by atoms with Crippen molar-refractivity contribution in [3.8, 4) is 0 Å². The molecule has 0 saturated carbocycles. The zero-order chi connectivity index (χ0) is 10.8. The van der Waals surface area contributed by atoms with E-state index in [-0.39, 0.29) is 5.56 Å². The number of hydrogen-bond acceptors (Lipinski definition) is 2. The quantitative estimate of drug-likeness (QED) is 0.800. The second-order valence-electron chi connectivity index (χ2n) is 3.06. The molecular formula is C9H11F3N2. The van der Waals surface area contributed by atoms with Crippen LogP contribution in [0.15, 0.2) is 18.5 Å². The first kappa shape index (κ1) is 11.0. The van der Waals surface area contributed by atoms with Crippen LogP contribution in [-0.2, 0) is 0 Å². The maximum absolute atomic E-state index is 12.5. The fourth-order valence-corrected chi connectivity index (χ4v) is 1.28. The summed E-state index contributed by atoms with van der Waals surface area (Å²) in [5.74, 6) is -1.61. The highest BCUT2D eigenvalue weighted by Crippen LogP contribution is 2.34. The molecule has 0 fully saturated rings. The number of aryl methyl sites for hydroxylation is 1. The van der Waals surface area contributed by atoms with Crippen LogP contribution in [0.2, 0.25) is 0 Å². The number of hydrogen-bond donors (Lipinski definition) is 1. The molecule has 0 amide bonds. The minimum Gasteiger partial charge on any atom is -0.330 e. The number of rotatable bonds is 2. The van der Waals surface area contributed by atoms with Crippen LogP contribution in [0.5, 0.6) is 0 Å². The van der Waals surface area contributed by atoms with E-state index < -0.39 is 18.6 Å². The van der Waals surface area contributed by atoms with E-state index in [1.807, 2.05) is 0 Å². The van der Waals surface area contributed by atoms with Gasteiger partial charge in [-0.2, -0.15) is 13.2 Å². The lowest BCUT2D eigenvalue weighted by molar-refractivity contribution is -0.148. The topological polar surface area (TPSA) is 38.9 Å². The lowest BCUT2D eigenvalue weighted by atomic mass is 9.96. The van der Waals surface area contributed by atoms with Gasteiger partial charge in [-0.15, -0.1) is 0 Å². The molecule has 0 aromatic carbocycles. The van der Waals surface area contributed by atoms with Gasteiger partial charge in [0.05, 0.1) is 5.92 Å². The van der Waals surface area contributed by atoms with E-state index in [1.165, 1.54) is 12.4 Å². The minimum absolute atomic E-state index is 0.155. The third-order valence-electron chi connectivity index (χ3n) is 2.09. The summed E-state index contributed by atoms with van der Waals surface area (Å²) in [7, 11) is 0. The van der Waals surface area contributed by atoms with Gasteiger partial charge in [-0.25, -0.2) is 0 Å². The Labute approximate surface area is 79.9 Å². The predicted octanol–water partition coefficient (Wildman–Crippen LogP) is 1.99. The van der Waals surface area contributed by atoms with Gasteiger partial charge in [0.25, 0.3) is 0 Å². The molecular weight excluding hydrogens is 193 g/mol. The SMILES string of the molecule is Cc1ccncc1C(CN)C(F)(F)F. The number of pyridine rings is 1. The zero-order valence-electron chi connectivity index (χ0n) is 7.67. The van der Waals surface area contributed by atoms with E-state index >= 15 is 0 Å². The van der Waals surface area contributed by atoms with E-state index in [2.05, 4.69) is 4.98 Å². The highest BCUT2D eigenvalue weighted by atomic mass is 19.4. The summed E-state index contributed by atoms with van der Waals surface area (Å²) < 4.78 is 37.4. The molecule has 14 heavy (non-hydrogen) atoms. The highest BCUT2D eigenvalue weighted by Gasteiger charge is 2.40. The van der Waals surface area contributed by atoms with E-state index in [0.717, 1.165) is 0 Å². The molecule has 1 aromatic rings. The van der Waals surface area contributed by atoms with Crippen LogP contribution in [-0.4, -0.2) is 17.7 Å². The van der Waals surface area contributed by atoms with Crippen molar-refractivity contribution in [3.63, 3.8) is 0 Å². The zero-order valence-corrected chi connectivity index (χ0v) is 7.67. The van der Waals surface area contributed by atoms with Crippen molar-refractivity contribution in [2.24, 2.45) is 5.73 Å². The summed E-state index contributed by atoms with van der Waals surface area (Å²) >= 11 is 0. The molecule has 1 heterocycles. The molecule has 1 rings (SSSR count). The van der Waals surface area contributed by atoms with Crippen LogP contribution in [0.3, 0.4) is 0 Å². The van der Waals surface area contributed by atoms with Crippen LogP contribution in [0.1, 0.15) is 17.0 Å². The molecule has 0 saturated heterocycles. The summed E-state index contributed by atoms with van der Waals surface area (Å²) in [6, 6.07) is 1.55. The van der Waals surface area contributed by atoms with E-state index in [1.54, 1.807) is 13.0 Å². The highest BCUT2D eigenvalue weighted by molar-refractivity contribution is 5.27. The average molecular weight is 204 g/mol. The first-order valence-corrected chi connectivity index (χ1v) is 4.14. The average Bonchev–Trinajstić information content (AvgIpc) is 2.07. The third kappa shape index (κ3) is 2.23. The van der Waals surface area contributed by atoms with Crippen molar-refractivity contribution in [1.29, 1.82) is 0 Å². The third-order valence-corrected chi connectivity index (χ3v) is 2.09. The number of nitrogens with two attached hydrogens (primary N) is 1. The summed E-state index contributed by atoms with van der Waals surface area (Å²) in [6.45, 7) is 1.17. The van der Waals surface area contributed by atoms with Gasteiger partial charge in [0.2, 0.25) is 0 Å². The van der Waals surface area contributed by atoms with Crippen molar-refractivity contribution in [1.82, 2.24) is 4.98 Å². The second kappa shape index (κ2) is 3.96. The minimum atomic E-state index is -4.30. The predicted molar refractivity (Wildman–Crippen MR) is 46.8 cm³/mol. The molecule has 78 valence electrons. The van der Waals surface area contributed by atoms with Gasteiger partial charge in [0.15, 0.2) is 0 Å². The molecule has 2 nitrogen and oxygen atoms in total. The normalized spacial score (nSPS) is 14.1. The molecule has 1 unspecified atom stereocenters. The molecule has 0 aliphatic heterocycles. The Balaban J connectivity index is 3.08. The smallest absolute Gasteiger partial charge is 0.330 e. The Hall–Kier alpha value is -1.10. The molecule has 0 aliphatic carbocycles. The Bertz CT molecular complexity index is 309. The largest absolute Gasteiger partial charge is 0.397 e. The molecule has 0 bridgehead atoms. The number of nitrogens with zero attached hydrogens (tertiary/aromatic N) is 1. The van der Waals surface area contributed by atoms with Gasteiger partial charge in [-0.3, -0.25) is 4.98 Å². The van der Waals surface area contributed by atoms with Crippen molar-refractivity contribution in [3.05, 3.63) is 29.6 Å². The summed E-state index contributed by atoms with van der Waals surface area (Å²) in [5.41, 5.74) is 5.83. The number of halogens is 3. The molecule has 0 radical (unpaired) electrons. The second-order valence-corrected chi connectivity index (χ2v) is 3.06. The molecule has 1 aromatic heterocycles. The molecule has 2 N–H and O–H groups in total. The fourth-order valence-electron chi connectivity index (χ4n) is 1.28. The van der Waals surface area contributed by atoms with Crippen molar-refractivity contribution in [2.45, 2.75) is 19.0 Å². The fraction of sp³-hybridized carbons (Fsp3) is 0.444. The van der Waals surface area contributed by atoms with Crippen LogP contribution >= 0.6 is 0 Å². The first-order valence-electron chi connectivity index (χ1n) is 4.14. The Kier molecular flexibility index (Phi) is 3.10. The summed E-state index contributed by atoms with van der Waals surface area (Å²) in [4.78, 5) is 3.67. The molecule has 1 atom stereocenters. The monoisotopic (exact) mass is 204 g/mol. The van der Waals surface area contributed by atoms with Gasteiger partial charge < -0.3 is 5.73 Å². The maximum Gasteiger partial charge on any atom is 0.397 e. The van der Waals surface area contributed by atoms with E-state index in [4.69, 9.17) is 5.73 Å². The summed E-state index contributed by atoms with van der Waals surface area (Å²) in [6.07, 6.45) is -1.62. The molecule has 5 heteroatoms. The van der Waals surface area contributed by atoms with E-state index in [0.29, 0.717) is 5.56 Å². The standard InChI is InChI=1S/C9H11F3N2/c1-6-2-3-14-5-7(6)8(4-13)9(10,11)12/h2-3,5,8H,4,13H2,1H3. The Morgan fingerprint density at radius 3 is 2.57 bits per heavy atom. The van der Waals surface area contributed by atoms with Gasteiger partial charge in [-0.1, -0.05) is 0 Å². The van der Waals surface area contributed by atoms with Crippen LogP contribution in [0.25, 0.3) is 0 Å². The maximum atomic E-state index is 12.5. The lowest BCUT2D eigenvalue weighted by Crippen LogP contribution is -2.28. The van der Waals surface area contributed by atoms with Crippen LogP contribution in [0.4, 0.5) is 13.2 Å². The van der Waals surface area contributed by atoms with Crippen molar-refractivity contribution in [2.75, 3.05) is 6.54 Å². The Morgan fingerprint density at radius 1 is 1.50 bits per heavy atom. The van der Waals surface area contributed by atoms with Crippen LogP contribution < -0.4 is 5.73 Å². The van der Waals surface area contributed by atoms with Gasteiger partial charge in [0.1, 0.15) is 0 Å². The van der Waals surface area contributed by atoms with Gasteiger partial charge >= 0.3 is 6.18 Å². The first-order chi connectivity index (χ1) is 6.46. The van der Waals surface area contributed by atoms with Crippen molar-refractivity contribution >= 4 is 0 Å². The number of aromatic nitrogens is 1. The van der Waals surface area contributed by atoms with Crippen molar-refractivity contribution < 1.29 is 13.2 Å². The summed E-state index contributed by atoms with van der Waals surface area (Å²) in [5, 5.41) is 0. The molecule has 0 spiro atoms. The lowest BCUT2D eigenvalue weighted by Gasteiger charge is -2.19. The Morgan fingerprint density at radius 2 is 2.14 bits per heavy atom. The van der Waals surface area contributed by atoms with Gasteiger partial charge in [-0.05, 0) is 24.1 Å². The molecule has 0 aliphatic rings. The van der Waals surface area contributed by atoms with Gasteiger partial charge in [0, 0.05) is 18.9 Å². The number of alkyl halides is 3.